The summed E-state index contributed by atoms with van der Waals surface area (Å²) in [5, 5.41) is 2.95. The lowest BCUT2D eigenvalue weighted by atomic mass is 10.0. The zero-order valence-corrected chi connectivity index (χ0v) is 13.2. The second kappa shape index (κ2) is 8.27. The van der Waals surface area contributed by atoms with Crippen LogP contribution in [0.3, 0.4) is 0 Å². The molecule has 0 radical (unpaired) electrons. The van der Waals surface area contributed by atoms with E-state index in [0.717, 1.165) is 12.8 Å². The number of amides is 1. The molecule has 0 saturated carbocycles. The maximum Gasteiger partial charge on any atom is 0.269 e. The Morgan fingerprint density at radius 3 is 2.47 bits per heavy atom. The predicted molar refractivity (Wildman–Crippen MR) is 85.1 cm³/mol. The Kier molecular flexibility index (Phi) is 7.87. The molecule has 1 aromatic heterocycles. The molecule has 1 rings (SSSR count). The number of pyridine rings is 1. The highest BCUT2D eigenvalue weighted by Crippen LogP contribution is 2.29. The summed E-state index contributed by atoms with van der Waals surface area (Å²) in [7, 11) is 0. The van der Waals surface area contributed by atoms with Crippen LogP contribution in [0.4, 0.5) is 5.69 Å². The highest BCUT2D eigenvalue weighted by Gasteiger charge is 2.25. The summed E-state index contributed by atoms with van der Waals surface area (Å²) in [5.74, 6) is -0.143. The SMILES string of the molecule is CCC(CC)(CNC(=O)c1ccc(N)cn1)SC.Cl. The minimum Gasteiger partial charge on any atom is -0.397 e. The Morgan fingerprint density at radius 2 is 2.05 bits per heavy atom. The lowest BCUT2D eigenvalue weighted by Gasteiger charge is -2.29. The molecule has 0 saturated heterocycles. The summed E-state index contributed by atoms with van der Waals surface area (Å²) in [6.07, 6.45) is 5.64. The Bertz CT molecular complexity index is 385. The molecule has 0 atom stereocenters. The number of aromatic nitrogens is 1. The van der Waals surface area contributed by atoms with Crippen molar-refractivity contribution < 1.29 is 4.79 Å². The molecule has 6 heteroatoms. The number of hydrogen-bond acceptors (Lipinski definition) is 4. The Balaban J connectivity index is 0.00000324. The van der Waals surface area contributed by atoms with Crippen LogP contribution in [0.5, 0.6) is 0 Å². The zero-order valence-electron chi connectivity index (χ0n) is 11.6. The largest absolute Gasteiger partial charge is 0.397 e. The van der Waals surface area contributed by atoms with E-state index in [1.54, 1.807) is 23.9 Å². The van der Waals surface area contributed by atoms with Gasteiger partial charge in [0.05, 0.1) is 11.9 Å². The number of thioether (sulfide) groups is 1. The van der Waals surface area contributed by atoms with E-state index in [4.69, 9.17) is 5.73 Å². The number of carbonyl (C=O) groups is 1. The van der Waals surface area contributed by atoms with Gasteiger partial charge in [-0.05, 0) is 31.2 Å². The van der Waals surface area contributed by atoms with Crippen molar-refractivity contribution in [2.75, 3.05) is 18.5 Å². The van der Waals surface area contributed by atoms with Gasteiger partial charge >= 0.3 is 0 Å². The molecule has 0 fully saturated rings. The van der Waals surface area contributed by atoms with Gasteiger partial charge in [-0.1, -0.05) is 13.8 Å². The molecule has 19 heavy (non-hydrogen) atoms. The molecule has 0 aliphatic heterocycles. The van der Waals surface area contributed by atoms with Gasteiger partial charge in [0.2, 0.25) is 0 Å². The van der Waals surface area contributed by atoms with Gasteiger partial charge in [0.25, 0.3) is 5.91 Å². The molecular formula is C13H22ClN3OS. The van der Waals surface area contributed by atoms with Crippen molar-refractivity contribution in [2.24, 2.45) is 0 Å². The zero-order chi connectivity index (χ0) is 13.6. The molecule has 4 nitrogen and oxygen atoms in total. The third-order valence-corrected chi connectivity index (χ3v) is 4.90. The third-order valence-electron chi connectivity index (χ3n) is 3.31. The van der Waals surface area contributed by atoms with Gasteiger partial charge in [-0.25, -0.2) is 4.98 Å². The summed E-state index contributed by atoms with van der Waals surface area (Å²) < 4.78 is 0.115. The van der Waals surface area contributed by atoms with Gasteiger partial charge < -0.3 is 11.1 Å². The standard InChI is InChI=1S/C13H21N3OS.ClH/c1-4-13(5-2,18-3)9-16-12(17)11-7-6-10(14)8-15-11;/h6-8H,4-5,9,14H2,1-3H3,(H,16,17);1H. The van der Waals surface area contributed by atoms with Gasteiger partial charge in [0.1, 0.15) is 5.69 Å². The van der Waals surface area contributed by atoms with Crippen molar-refractivity contribution in [3.8, 4) is 0 Å². The number of nitrogen functional groups attached to an aromatic ring is 1. The van der Waals surface area contributed by atoms with Crippen LogP contribution < -0.4 is 11.1 Å². The second-order valence-corrected chi connectivity index (χ2v) is 5.53. The number of hydrogen-bond donors (Lipinski definition) is 2. The molecule has 0 aliphatic carbocycles. The van der Waals surface area contributed by atoms with Crippen molar-refractivity contribution in [3.05, 3.63) is 24.0 Å². The van der Waals surface area contributed by atoms with E-state index in [-0.39, 0.29) is 23.1 Å². The Morgan fingerprint density at radius 1 is 1.42 bits per heavy atom. The summed E-state index contributed by atoms with van der Waals surface area (Å²) in [4.78, 5) is 15.9. The first kappa shape index (κ1) is 18.1. The summed E-state index contributed by atoms with van der Waals surface area (Å²) in [6, 6.07) is 3.33. The number of anilines is 1. The summed E-state index contributed by atoms with van der Waals surface area (Å²) in [6.45, 7) is 4.95. The molecule has 0 spiro atoms. The normalized spacial score (nSPS) is 10.7. The fraction of sp³-hybridized carbons (Fsp3) is 0.538. The van der Waals surface area contributed by atoms with Crippen LogP contribution in [-0.2, 0) is 0 Å². The number of nitrogens with two attached hydrogens (primary N) is 1. The number of rotatable bonds is 6. The van der Waals surface area contributed by atoms with Crippen LogP contribution in [-0.4, -0.2) is 28.4 Å². The molecule has 0 unspecified atom stereocenters. The number of carbonyl (C=O) groups excluding carboxylic acids is 1. The van der Waals surface area contributed by atoms with Crippen LogP contribution in [0.1, 0.15) is 37.2 Å². The van der Waals surface area contributed by atoms with E-state index in [0.29, 0.717) is 17.9 Å². The van der Waals surface area contributed by atoms with Gasteiger partial charge in [-0.3, -0.25) is 4.79 Å². The van der Waals surface area contributed by atoms with Crippen molar-refractivity contribution in [1.82, 2.24) is 10.3 Å². The van der Waals surface area contributed by atoms with Crippen LogP contribution in [0.2, 0.25) is 0 Å². The van der Waals surface area contributed by atoms with E-state index >= 15 is 0 Å². The first-order valence-electron chi connectivity index (χ1n) is 6.11. The lowest BCUT2D eigenvalue weighted by Crippen LogP contribution is -2.39. The van der Waals surface area contributed by atoms with Gasteiger partial charge in [0, 0.05) is 11.3 Å². The number of halogens is 1. The van der Waals surface area contributed by atoms with Crippen molar-refractivity contribution >= 4 is 35.8 Å². The van der Waals surface area contributed by atoms with E-state index in [1.165, 1.54) is 6.20 Å². The Labute approximate surface area is 125 Å². The van der Waals surface area contributed by atoms with Crippen molar-refractivity contribution in [3.63, 3.8) is 0 Å². The summed E-state index contributed by atoms with van der Waals surface area (Å²) >= 11 is 1.80. The van der Waals surface area contributed by atoms with Gasteiger partial charge in [-0.15, -0.1) is 12.4 Å². The van der Waals surface area contributed by atoms with E-state index in [1.807, 2.05) is 0 Å². The monoisotopic (exact) mass is 303 g/mol. The molecular weight excluding hydrogens is 282 g/mol. The topological polar surface area (TPSA) is 68.0 Å². The van der Waals surface area contributed by atoms with Gasteiger partial charge in [-0.2, -0.15) is 11.8 Å². The first-order valence-corrected chi connectivity index (χ1v) is 7.34. The van der Waals surface area contributed by atoms with E-state index in [2.05, 4.69) is 30.4 Å². The molecule has 1 aromatic rings. The van der Waals surface area contributed by atoms with E-state index < -0.39 is 0 Å². The predicted octanol–water partition coefficient (Wildman–Crippen LogP) is 2.74. The fourth-order valence-electron chi connectivity index (χ4n) is 1.73. The number of nitrogens with one attached hydrogen (secondary N) is 1. The number of nitrogens with zero attached hydrogens (tertiary/aromatic N) is 1. The van der Waals surface area contributed by atoms with Crippen molar-refractivity contribution in [2.45, 2.75) is 31.4 Å². The minimum atomic E-state index is -0.143. The minimum absolute atomic E-state index is 0. The van der Waals surface area contributed by atoms with Crippen LogP contribution in [0.15, 0.2) is 18.3 Å². The molecule has 0 aliphatic rings. The summed E-state index contributed by atoms with van der Waals surface area (Å²) in [5.41, 5.74) is 6.51. The average molecular weight is 304 g/mol. The fourth-order valence-corrected chi connectivity index (χ4v) is 2.53. The van der Waals surface area contributed by atoms with E-state index in [9.17, 15) is 4.79 Å². The van der Waals surface area contributed by atoms with Crippen molar-refractivity contribution in [1.29, 1.82) is 0 Å². The van der Waals surface area contributed by atoms with Crippen LogP contribution >= 0.6 is 24.2 Å². The quantitative estimate of drug-likeness (QED) is 0.848. The molecule has 1 heterocycles. The molecule has 0 bridgehead atoms. The molecule has 0 aromatic carbocycles. The molecule has 1 amide bonds. The maximum atomic E-state index is 11.9. The second-order valence-electron chi connectivity index (χ2n) is 4.25. The highest BCUT2D eigenvalue weighted by molar-refractivity contribution is 8.00. The van der Waals surface area contributed by atoms with Gasteiger partial charge in [0.15, 0.2) is 0 Å². The first-order chi connectivity index (χ1) is 8.56. The maximum absolute atomic E-state index is 11.9. The molecule has 3 N–H and O–H groups in total. The lowest BCUT2D eigenvalue weighted by molar-refractivity contribution is 0.0944. The smallest absolute Gasteiger partial charge is 0.269 e. The Hall–Kier alpha value is -0.940. The van der Waals surface area contributed by atoms with Crippen LogP contribution in [0.25, 0.3) is 0 Å². The third kappa shape index (κ3) is 4.91. The average Bonchev–Trinajstić information content (AvgIpc) is 2.41. The highest BCUT2D eigenvalue weighted by atomic mass is 35.5. The van der Waals surface area contributed by atoms with Crippen LogP contribution in [0, 0.1) is 0 Å². The molecule has 108 valence electrons.